The van der Waals surface area contributed by atoms with E-state index in [2.05, 4.69) is 0 Å². The topological polar surface area (TPSA) is 46.5 Å². The largest absolute Gasteiger partial charge is 0.466 e. The maximum absolute atomic E-state index is 12.4. The molecule has 0 saturated carbocycles. The SMILES string of the molecule is COC(=O)C1=C(C)C2c3ccccc3C1(O)c1ccccc12. The normalized spacial score (nSPS) is 24.8. The molecule has 0 atom stereocenters. The molecule has 0 aliphatic heterocycles. The van der Waals surface area contributed by atoms with Crippen LogP contribution in [0.25, 0.3) is 0 Å². The molecule has 3 aliphatic carbocycles. The summed E-state index contributed by atoms with van der Waals surface area (Å²) >= 11 is 0. The van der Waals surface area contributed by atoms with Gasteiger partial charge in [-0.15, -0.1) is 0 Å². The Morgan fingerprint density at radius 1 is 1.05 bits per heavy atom. The molecule has 2 aromatic rings. The second kappa shape index (κ2) is 4.31. The summed E-state index contributed by atoms with van der Waals surface area (Å²) in [7, 11) is 1.35. The lowest BCUT2D eigenvalue weighted by molar-refractivity contribution is -0.138. The average Bonchev–Trinajstić information content (AvgIpc) is 2.55. The summed E-state index contributed by atoms with van der Waals surface area (Å²) in [6, 6.07) is 15.6. The zero-order chi connectivity index (χ0) is 15.5. The molecule has 0 fully saturated rings. The third-order valence-electron chi connectivity index (χ3n) is 4.90. The van der Waals surface area contributed by atoms with Crippen LogP contribution in [0.4, 0.5) is 0 Å². The minimum atomic E-state index is -1.43. The van der Waals surface area contributed by atoms with Gasteiger partial charge in [0.05, 0.1) is 12.7 Å². The number of rotatable bonds is 1. The predicted molar refractivity (Wildman–Crippen MR) is 82.4 cm³/mol. The molecule has 0 amide bonds. The third kappa shape index (κ3) is 1.37. The molecule has 0 saturated heterocycles. The molecule has 0 heterocycles. The van der Waals surface area contributed by atoms with Crippen molar-refractivity contribution in [3.63, 3.8) is 0 Å². The predicted octanol–water partition coefficient (Wildman–Crippen LogP) is 2.87. The van der Waals surface area contributed by atoms with Crippen LogP contribution in [0.2, 0.25) is 0 Å². The molecule has 0 unspecified atom stereocenters. The molecule has 1 N–H and O–H groups in total. The van der Waals surface area contributed by atoms with E-state index in [1.54, 1.807) is 0 Å². The van der Waals surface area contributed by atoms with Crippen LogP contribution in [-0.4, -0.2) is 18.2 Å². The minimum absolute atomic E-state index is 0.00414. The van der Waals surface area contributed by atoms with Gasteiger partial charge in [-0.25, -0.2) is 4.79 Å². The van der Waals surface area contributed by atoms with E-state index in [0.717, 1.165) is 27.8 Å². The van der Waals surface area contributed by atoms with Gasteiger partial charge in [-0.05, 0) is 34.8 Å². The Morgan fingerprint density at radius 3 is 2.05 bits per heavy atom. The van der Waals surface area contributed by atoms with Crippen LogP contribution in [-0.2, 0) is 15.1 Å². The highest BCUT2D eigenvalue weighted by molar-refractivity contribution is 5.96. The Labute approximate surface area is 128 Å². The maximum atomic E-state index is 12.4. The van der Waals surface area contributed by atoms with Crippen molar-refractivity contribution in [3.8, 4) is 0 Å². The van der Waals surface area contributed by atoms with Gasteiger partial charge >= 0.3 is 5.97 Å². The highest BCUT2D eigenvalue weighted by Gasteiger charge is 2.53. The van der Waals surface area contributed by atoms with Crippen molar-refractivity contribution in [1.82, 2.24) is 0 Å². The van der Waals surface area contributed by atoms with Gasteiger partial charge in [0.2, 0.25) is 0 Å². The van der Waals surface area contributed by atoms with Gasteiger partial charge in [0.1, 0.15) is 5.60 Å². The second-order valence-electron chi connectivity index (χ2n) is 5.87. The third-order valence-corrected chi connectivity index (χ3v) is 4.90. The van der Waals surface area contributed by atoms with Crippen molar-refractivity contribution >= 4 is 5.97 Å². The summed E-state index contributed by atoms with van der Waals surface area (Å²) in [5, 5.41) is 11.6. The van der Waals surface area contributed by atoms with E-state index in [-0.39, 0.29) is 5.92 Å². The standard InChI is InChI=1S/C19H16O3/c1-11-16-12-7-3-5-9-14(12)19(21,17(11)18(20)22-2)15-10-6-4-8-13(15)16/h3-10,16,21H,1-2H3. The van der Waals surface area contributed by atoms with Crippen LogP contribution < -0.4 is 0 Å². The Bertz CT molecular complexity index is 785. The average molecular weight is 292 g/mol. The van der Waals surface area contributed by atoms with Crippen LogP contribution in [0.15, 0.2) is 59.7 Å². The molecular formula is C19H16O3. The lowest BCUT2D eigenvalue weighted by Gasteiger charge is -2.47. The molecule has 3 nitrogen and oxygen atoms in total. The van der Waals surface area contributed by atoms with Crippen molar-refractivity contribution in [1.29, 1.82) is 0 Å². The number of esters is 1. The number of carbonyl (C=O) groups is 1. The summed E-state index contributed by atoms with van der Waals surface area (Å²) in [4.78, 5) is 12.4. The summed E-state index contributed by atoms with van der Waals surface area (Å²) in [5.41, 5.74) is 3.49. The van der Waals surface area contributed by atoms with E-state index in [9.17, 15) is 9.90 Å². The van der Waals surface area contributed by atoms with Crippen molar-refractivity contribution in [2.45, 2.75) is 18.4 Å². The molecule has 3 aliphatic rings. The number of aliphatic hydroxyl groups is 1. The minimum Gasteiger partial charge on any atom is -0.466 e. The zero-order valence-corrected chi connectivity index (χ0v) is 12.5. The van der Waals surface area contributed by atoms with E-state index >= 15 is 0 Å². The van der Waals surface area contributed by atoms with Crippen LogP contribution in [0.5, 0.6) is 0 Å². The van der Waals surface area contributed by atoms with Crippen molar-refractivity contribution in [3.05, 3.63) is 81.9 Å². The number of ether oxygens (including phenoxy) is 1. The van der Waals surface area contributed by atoms with Gasteiger partial charge < -0.3 is 9.84 Å². The van der Waals surface area contributed by atoms with E-state index < -0.39 is 11.6 Å². The number of carbonyl (C=O) groups excluding carboxylic acids is 1. The molecule has 2 bridgehead atoms. The highest BCUT2D eigenvalue weighted by Crippen LogP contribution is 2.57. The Kier molecular flexibility index (Phi) is 2.60. The molecule has 5 rings (SSSR count). The molecule has 0 radical (unpaired) electrons. The smallest absolute Gasteiger partial charge is 0.337 e. The van der Waals surface area contributed by atoms with Crippen molar-refractivity contribution in [2.75, 3.05) is 7.11 Å². The molecule has 22 heavy (non-hydrogen) atoms. The fraction of sp³-hybridized carbons (Fsp3) is 0.211. The summed E-state index contributed by atoms with van der Waals surface area (Å²) < 4.78 is 4.95. The number of benzene rings is 2. The first-order chi connectivity index (χ1) is 10.6. The quantitative estimate of drug-likeness (QED) is 0.822. The lowest BCUT2D eigenvalue weighted by Crippen LogP contribution is -2.44. The number of hydrogen-bond donors (Lipinski definition) is 1. The fourth-order valence-corrected chi connectivity index (χ4v) is 4.05. The summed E-state index contributed by atoms with van der Waals surface area (Å²) in [6.45, 7) is 1.91. The fourth-order valence-electron chi connectivity index (χ4n) is 4.05. The highest BCUT2D eigenvalue weighted by atomic mass is 16.5. The van der Waals surface area contributed by atoms with E-state index in [4.69, 9.17) is 4.74 Å². The van der Waals surface area contributed by atoms with Gasteiger partial charge in [-0.1, -0.05) is 48.5 Å². The van der Waals surface area contributed by atoms with E-state index in [1.165, 1.54) is 7.11 Å². The van der Waals surface area contributed by atoms with E-state index in [1.807, 2.05) is 55.5 Å². The molecule has 2 aromatic carbocycles. The van der Waals surface area contributed by atoms with Crippen molar-refractivity contribution < 1.29 is 14.6 Å². The van der Waals surface area contributed by atoms with Crippen molar-refractivity contribution in [2.24, 2.45) is 0 Å². The molecule has 0 spiro atoms. The zero-order valence-electron chi connectivity index (χ0n) is 12.5. The van der Waals surface area contributed by atoms with Crippen LogP contribution in [0.3, 0.4) is 0 Å². The lowest BCUT2D eigenvalue weighted by atomic mass is 9.59. The monoisotopic (exact) mass is 292 g/mol. The summed E-state index contributed by atoms with van der Waals surface area (Å²) in [6.07, 6.45) is 0. The first-order valence-corrected chi connectivity index (χ1v) is 7.31. The van der Waals surface area contributed by atoms with Crippen LogP contribution >= 0.6 is 0 Å². The molecule has 0 aromatic heterocycles. The van der Waals surface area contributed by atoms with Crippen LogP contribution in [0, 0.1) is 0 Å². The molecule has 3 heteroatoms. The summed E-state index contributed by atoms with van der Waals surface area (Å²) in [5.74, 6) is -0.468. The van der Waals surface area contributed by atoms with Gasteiger partial charge in [0, 0.05) is 5.92 Å². The Hall–Kier alpha value is -2.39. The second-order valence-corrected chi connectivity index (χ2v) is 5.87. The Balaban J connectivity index is 2.13. The van der Waals surface area contributed by atoms with E-state index in [0.29, 0.717) is 5.57 Å². The number of hydrogen-bond acceptors (Lipinski definition) is 3. The molecular weight excluding hydrogens is 276 g/mol. The first kappa shape index (κ1) is 13.3. The number of methoxy groups -OCH3 is 1. The van der Waals surface area contributed by atoms with Gasteiger partial charge in [0.25, 0.3) is 0 Å². The van der Waals surface area contributed by atoms with Gasteiger partial charge in [0.15, 0.2) is 0 Å². The van der Waals surface area contributed by atoms with Gasteiger partial charge in [-0.3, -0.25) is 0 Å². The Morgan fingerprint density at radius 2 is 1.55 bits per heavy atom. The maximum Gasteiger partial charge on any atom is 0.337 e. The molecule has 110 valence electrons. The first-order valence-electron chi connectivity index (χ1n) is 7.31. The van der Waals surface area contributed by atoms with Gasteiger partial charge in [-0.2, -0.15) is 0 Å². The number of allylic oxidation sites excluding steroid dienone is 1. The van der Waals surface area contributed by atoms with Crippen LogP contribution in [0.1, 0.15) is 35.1 Å².